The second-order valence-electron chi connectivity index (χ2n) is 5.07. The lowest BCUT2D eigenvalue weighted by Crippen LogP contribution is -2.39. The molecule has 7 heteroatoms. The van der Waals surface area contributed by atoms with Crippen molar-refractivity contribution in [2.45, 2.75) is 0 Å². The number of fused-ring (bicyclic) bond motifs is 1. The summed E-state index contributed by atoms with van der Waals surface area (Å²) >= 11 is 0. The molecule has 1 saturated heterocycles. The molecule has 7 nitrogen and oxygen atoms in total. The van der Waals surface area contributed by atoms with Crippen molar-refractivity contribution < 1.29 is 14.2 Å². The molecule has 0 spiro atoms. The monoisotopic (exact) mass is 305 g/mol. The number of aromatic nitrogens is 1. The number of rotatable bonds is 3. The standard InChI is InChI=1S/C15H19N3O4/c1-20-11-7-9-10(8-12(11)21-2)17-15(19)14(13(9)16)18-3-5-22-6-4-18/h7-8H,3-6H2,1-2H3,(H3,16,17,19). The molecule has 1 aromatic carbocycles. The Hall–Kier alpha value is -2.41. The number of H-pyrrole nitrogens is 1. The summed E-state index contributed by atoms with van der Waals surface area (Å²) in [5, 5.41) is 0.735. The van der Waals surface area contributed by atoms with Crippen LogP contribution in [0.4, 0.5) is 11.4 Å². The minimum atomic E-state index is -0.209. The average molecular weight is 305 g/mol. The fraction of sp³-hybridized carbons (Fsp3) is 0.400. The highest BCUT2D eigenvalue weighted by atomic mass is 16.5. The molecule has 0 bridgehead atoms. The summed E-state index contributed by atoms with van der Waals surface area (Å²) in [5.41, 5.74) is 7.61. The number of aromatic amines is 1. The average Bonchev–Trinajstić information content (AvgIpc) is 2.54. The van der Waals surface area contributed by atoms with Gasteiger partial charge in [0.25, 0.3) is 5.56 Å². The molecule has 1 aliphatic heterocycles. The smallest absolute Gasteiger partial charge is 0.274 e. The van der Waals surface area contributed by atoms with Gasteiger partial charge in [0.2, 0.25) is 0 Å². The van der Waals surface area contributed by atoms with E-state index in [1.54, 1.807) is 26.4 Å². The number of hydrogen-bond acceptors (Lipinski definition) is 6. The highest BCUT2D eigenvalue weighted by Crippen LogP contribution is 2.35. The van der Waals surface area contributed by atoms with Crippen LogP contribution in [0.5, 0.6) is 11.5 Å². The topological polar surface area (TPSA) is 89.8 Å². The van der Waals surface area contributed by atoms with Gasteiger partial charge in [0.05, 0.1) is 38.6 Å². The zero-order valence-electron chi connectivity index (χ0n) is 12.6. The van der Waals surface area contributed by atoms with Crippen LogP contribution in [0, 0.1) is 0 Å². The van der Waals surface area contributed by atoms with Crippen LogP contribution in [0.3, 0.4) is 0 Å². The Kier molecular flexibility index (Phi) is 3.81. The molecule has 3 N–H and O–H groups in total. The Bertz CT molecular complexity index is 751. The maximum atomic E-state index is 12.4. The number of nitrogens with one attached hydrogen (secondary N) is 1. The summed E-state index contributed by atoms with van der Waals surface area (Å²) in [6, 6.07) is 3.50. The van der Waals surface area contributed by atoms with Crippen LogP contribution in [0.15, 0.2) is 16.9 Å². The maximum Gasteiger partial charge on any atom is 0.274 e. The third-order valence-electron chi connectivity index (χ3n) is 3.86. The highest BCUT2D eigenvalue weighted by Gasteiger charge is 2.20. The molecule has 0 aliphatic carbocycles. The summed E-state index contributed by atoms with van der Waals surface area (Å²) in [4.78, 5) is 17.2. The van der Waals surface area contributed by atoms with Crippen LogP contribution in [-0.4, -0.2) is 45.5 Å². The minimum absolute atomic E-state index is 0.209. The Morgan fingerprint density at radius 1 is 1.18 bits per heavy atom. The summed E-state index contributed by atoms with van der Waals surface area (Å²) in [6.45, 7) is 2.46. The molecule has 0 unspecified atom stereocenters. The normalized spacial score (nSPS) is 15.1. The van der Waals surface area contributed by atoms with E-state index in [2.05, 4.69) is 4.98 Å². The molecular formula is C15H19N3O4. The van der Waals surface area contributed by atoms with Crippen molar-refractivity contribution in [3.8, 4) is 11.5 Å². The Morgan fingerprint density at radius 3 is 2.45 bits per heavy atom. The first-order valence-electron chi connectivity index (χ1n) is 7.06. The van der Waals surface area contributed by atoms with Gasteiger partial charge in [-0.1, -0.05) is 0 Å². The van der Waals surface area contributed by atoms with Crippen molar-refractivity contribution in [3.63, 3.8) is 0 Å². The van der Waals surface area contributed by atoms with Gasteiger partial charge in [-0.25, -0.2) is 0 Å². The number of pyridine rings is 1. The zero-order valence-corrected chi connectivity index (χ0v) is 12.6. The van der Waals surface area contributed by atoms with Gasteiger partial charge in [0.15, 0.2) is 11.5 Å². The molecule has 118 valence electrons. The van der Waals surface area contributed by atoms with Gasteiger partial charge >= 0.3 is 0 Å². The number of morpholine rings is 1. The SMILES string of the molecule is COc1cc2[nH]c(=O)c(N3CCOCC3)c(N)c2cc1OC. The van der Waals surface area contributed by atoms with E-state index in [1.165, 1.54) is 0 Å². The first kappa shape index (κ1) is 14.5. The number of nitrogens with two attached hydrogens (primary N) is 1. The maximum absolute atomic E-state index is 12.4. The molecule has 3 rings (SSSR count). The van der Waals surface area contributed by atoms with Gasteiger partial charge in [-0.2, -0.15) is 0 Å². The largest absolute Gasteiger partial charge is 0.493 e. The summed E-state index contributed by atoms with van der Waals surface area (Å²) in [7, 11) is 3.11. The van der Waals surface area contributed by atoms with Crippen LogP contribution in [0.1, 0.15) is 0 Å². The fourth-order valence-corrected chi connectivity index (χ4v) is 2.74. The lowest BCUT2D eigenvalue weighted by Gasteiger charge is -2.29. The van der Waals surface area contributed by atoms with Gasteiger partial charge in [-0.05, 0) is 6.07 Å². The van der Waals surface area contributed by atoms with Crippen LogP contribution < -0.4 is 25.7 Å². The minimum Gasteiger partial charge on any atom is -0.493 e. The van der Waals surface area contributed by atoms with Gasteiger partial charge in [0, 0.05) is 24.5 Å². The zero-order chi connectivity index (χ0) is 15.7. The summed E-state index contributed by atoms with van der Waals surface area (Å²) in [5.74, 6) is 1.12. The first-order chi connectivity index (χ1) is 10.7. The van der Waals surface area contributed by atoms with Crippen LogP contribution in [0.2, 0.25) is 0 Å². The Balaban J connectivity index is 2.20. The highest BCUT2D eigenvalue weighted by molar-refractivity contribution is 5.98. The van der Waals surface area contributed by atoms with Crippen LogP contribution >= 0.6 is 0 Å². The number of methoxy groups -OCH3 is 2. The molecule has 2 heterocycles. The van der Waals surface area contributed by atoms with E-state index in [0.717, 1.165) is 5.39 Å². The van der Waals surface area contributed by atoms with E-state index < -0.39 is 0 Å². The van der Waals surface area contributed by atoms with Gasteiger partial charge in [-0.3, -0.25) is 4.79 Å². The van der Waals surface area contributed by atoms with E-state index in [1.807, 2.05) is 4.90 Å². The number of nitrogens with zero attached hydrogens (tertiary/aromatic N) is 1. The third-order valence-corrected chi connectivity index (χ3v) is 3.86. The molecule has 0 radical (unpaired) electrons. The van der Waals surface area contributed by atoms with Crippen molar-refractivity contribution >= 4 is 22.3 Å². The van der Waals surface area contributed by atoms with Crippen molar-refractivity contribution in [3.05, 3.63) is 22.5 Å². The van der Waals surface area contributed by atoms with Crippen molar-refractivity contribution in [2.24, 2.45) is 0 Å². The lowest BCUT2D eigenvalue weighted by molar-refractivity contribution is 0.122. The Morgan fingerprint density at radius 2 is 1.82 bits per heavy atom. The molecular weight excluding hydrogens is 286 g/mol. The summed E-state index contributed by atoms with van der Waals surface area (Å²) < 4.78 is 15.9. The van der Waals surface area contributed by atoms with Gasteiger partial charge in [0.1, 0.15) is 5.69 Å². The fourth-order valence-electron chi connectivity index (χ4n) is 2.74. The number of hydrogen-bond donors (Lipinski definition) is 2. The third kappa shape index (κ3) is 2.33. The first-order valence-corrected chi connectivity index (χ1v) is 7.06. The molecule has 0 saturated carbocycles. The molecule has 0 atom stereocenters. The van der Waals surface area contributed by atoms with Crippen LogP contribution in [0.25, 0.3) is 10.9 Å². The Labute approximate surface area is 127 Å². The molecule has 22 heavy (non-hydrogen) atoms. The number of ether oxygens (including phenoxy) is 3. The molecule has 1 aliphatic rings. The molecule has 0 amide bonds. The quantitative estimate of drug-likeness (QED) is 0.878. The number of anilines is 2. The second-order valence-corrected chi connectivity index (χ2v) is 5.07. The predicted molar refractivity (Wildman–Crippen MR) is 85.1 cm³/mol. The molecule has 1 fully saturated rings. The van der Waals surface area contributed by atoms with Crippen LogP contribution in [-0.2, 0) is 4.74 Å². The predicted octanol–water partition coefficient (Wildman–Crippen LogP) is 0.964. The van der Waals surface area contributed by atoms with Crippen molar-refractivity contribution in [1.82, 2.24) is 4.98 Å². The van der Waals surface area contributed by atoms with Crippen molar-refractivity contribution in [1.29, 1.82) is 0 Å². The van der Waals surface area contributed by atoms with Crippen molar-refractivity contribution in [2.75, 3.05) is 51.2 Å². The lowest BCUT2D eigenvalue weighted by atomic mass is 10.1. The number of nitrogen functional groups attached to an aromatic ring is 1. The van der Waals surface area contributed by atoms with E-state index in [9.17, 15) is 4.79 Å². The van der Waals surface area contributed by atoms with E-state index in [0.29, 0.717) is 54.7 Å². The second kappa shape index (κ2) is 5.76. The van der Waals surface area contributed by atoms with Gasteiger partial charge in [-0.15, -0.1) is 0 Å². The molecule has 2 aromatic rings. The van der Waals surface area contributed by atoms with E-state index in [-0.39, 0.29) is 5.56 Å². The summed E-state index contributed by atoms with van der Waals surface area (Å²) in [6.07, 6.45) is 0. The van der Waals surface area contributed by atoms with E-state index in [4.69, 9.17) is 19.9 Å². The van der Waals surface area contributed by atoms with Gasteiger partial charge < -0.3 is 29.8 Å². The van der Waals surface area contributed by atoms with E-state index >= 15 is 0 Å². The molecule has 1 aromatic heterocycles. The number of benzene rings is 1.